The zero-order valence-electron chi connectivity index (χ0n) is 12.4. The highest BCUT2D eigenvalue weighted by Gasteiger charge is 2.03. The van der Waals surface area contributed by atoms with Gasteiger partial charge in [-0.3, -0.25) is 0 Å². The third-order valence-corrected chi connectivity index (χ3v) is 3.63. The first-order valence-electron chi connectivity index (χ1n) is 7.15. The molecule has 0 saturated carbocycles. The normalized spacial score (nSPS) is 10.6. The Hall–Kier alpha value is -2.81. The third kappa shape index (κ3) is 2.93. The lowest BCUT2D eigenvalue weighted by Crippen LogP contribution is -2.01. The Balaban J connectivity index is 1.84. The van der Waals surface area contributed by atoms with Gasteiger partial charge in [0.05, 0.1) is 0 Å². The molecule has 22 heavy (non-hydrogen) atoms. The highest BCUT2D eigenvalue weighted by atomic mass is 16.4. The number of rotatable bonds is 4. The molecular formula is C19H17NO2. The van der Waals surface area contributed by atoms with Crippen molar-refractivity contribution < 1.29 is 4.42 Å². The van der Waals surface area contributed by atoms with Gasteiger partial charge in [-0.15, -0.1) is 0 Å². The summed E-state index contributed by atoms with van der Waals surface area (Å²) in [5.41, 5.74) is 4.40. The van der Waals surface area contributed by atoms with Crippen molar-refractivity contribution in [3.8, 4) is 0 Å². The number of hydrogen-bond acceptors (Lipinski definition) is 3. The van der Waals surface area contributed by atoms with Gasteiger partial charge in [0, 0.05) is 29.8 Å². The Morgan fingerprint density at radius 1 is 1.18 bits per heavy atom. The summed E-state index contributed by atoms with van der Waals surface area (Å²) in [6.07, 6.45) is 1.83. The molecule has 0 unspecified atom stereocenters. The zero-order valence-corrected chi connectivity index (χ0v) is 12.4. The van der Waals surface area contributed by atoms with Crippen LogP contribution in [0.5, 0.6) is 0 Å². The summed E-state index contributed by atoms with van der Waals surface area (Å²) in [6.45, 7) is 6.39. The van der Waals surface area contributed by atoms with Gasteiger partial charge in [0.1, 0.15) is 5.58 Å². The first-order chi connectivity index (χ1) is 10.7. The molecule has 1 heterocycles. The summed E-state index contributed by atoms with van der Waals surface area (Å²) in [4.78, 5) is 11.5. The maximum absolute atomic E-state index is 11.5. The molecule has 2 aromatic carbocycles. The van der Waals surface area contributed by atoms with E-state index in [0.29, 0.717) is 12.1 Å². The molecule has 3 rings (SSSR count). The van der Waals surface area contributed by atoms with Crippen molar-refractivity contribution in [2.45, 2.75) is 13.5 Å². The second-order valence-electron chi connectivity index (χ2n) is 5.26. The van der Waals surface area contributed by atoms with Crippen molar-refractivity contribution in [2.24, 2.45) is 0 Å². The first-order valence-corrected chi connectivity index (χ1v) is 7.15. The van der Waals surface area contributed by atoms with Crippen molar-refractivity contribution >= 4 is 22.7 Å². The summed E-state index contributed by atoms with van der Waals surface area (Å²) < 4.78 is 5.26. The van der Waals surface area contributed by atoms with Crippen molar-refractivity contribution in [1.29, 1.82) is 0 Å². The molecule has 0 aliphatic rings. The van der Waals surface area contributed by atoms with Crippen LogP contribution < -0.4 is 10.9 Å². The van der Waals surface area contributed by atoms with Gasteiger partial charge in [-0.25, -0.2) is 4.79 Å². The minimum Gasteiger partial charge on any atom is -0.423 e. The summed E-state index contributed by atoms with van der Waals surface area (Å²) in [5.74, 6) is 0. The lowest BCUT2D eigenvalue weighted by atomic mass is 10.1. The van der Waals surface area contributed by atoms with E-state index in [4.69, 9.17) is 4.42 Å². The molecule has 0 atom stereocenters. The summed E-state index contributed by atoms with van der Waals surface area (Å²) in [7, 11) is 0. The van der Waals surface area contributed by atoms with E-state index in [1.807, 2.05) is 43.3 Å². The van der Waals surface area contributed by atoms with E-state index in [-0.39, 0.29) is 5.63 Å². The number of benzene rings is 2. The molecule has 0 saturated heterocycles. The van der Waals surface area contributed by atoms with Crippen LogP contribution in [0.15, 0.2) is 64.3 Å². The lowest BCUT2D eigenvalue weighted by Gasteiger charge is -2.08. The summed E-state index contributed by atoms with van der Waals surface area (Å²) in [5, 5.41) is 4.30. The molecule has 3 aromatic rings. The van der Waals surface area contributed by atoms with Gasteiger partial charge in [-0.2, -0.15) is 0 Å². The van der Waals surface area contributed by atoms with Crippen LogP contribution in [0.2, 0.25) is 0 Å². The van der Waals surface area contributed by atoms with E-state index < -0.39 is 0 Å². The first kappa shape index (κ1) is 14.1. The van der Waals surface area contributed by atoms with Crippen molar-refractivity contribution in [3.05, 3.63) is 82.2 Å². The standard InChI is InChI=1S/C19H17NO2/c1-3-14-5-4-6-15(10-14)12-20-16-7-8-17-13(2)9-19(21)22-18(17)11-16/h3-11,20H,1,12H2,2H3. The Bertz CT molecular complexity index is 893. The van der Waals surface area contributed by atoms with Gasteiger partial charge in [-0.1, -0.05) is 36.9 Å². The van der Waals surface area contributed by atoms with Gasteiger partial charge >= 0.3 is 5.63 Å². The molecule has 1 aromatic heterocycles. The van der Waals surface area contributed by atoms with E-state index in [9.17, 15) is 4.79 Å². The fourth-order valence-electron chi connectivity index (χ4n) is 2.47. The van der Waals surface area contributed by atoms with Crippen LogP contribution in [-0.4, -0.2) is 0 Å². The molecule has 110 valence electrons. The SMILES string of the molecule is C=Cc1cccc(CNc2ccc3c(C)cc(=O)oc3c2)c1. The summed E-state index contributed by atoms with van der Waals surface area (Å²) >= 11 is 0. The largest absolute Gasteiger partial charge is 0.423 e. The van der Waals surface area contributed by atoms with Crippen molar-refractivity contribution in [2.75, 3.05) is 5.32 Å². The molecule has 0 amide bonds. The quantitative estimate of drug-likeness (QED) is 0.726. The minimum atomic E-state index is -0.319. The average molecular weight is 291 g/mol. The molecule has 0 bridgehead atoms. The Kier molecular flexibility index (Phi) is 3.79. The second kappa shape index (κ2) is 5.90. The molecular weight excluding hydrogens is 274 g/mol. The molecule has 3 heteroatoms. The molecule has 0 radical (unpaired) electrons. The highest BCUT2D eigenvalue weighted by Crippen LogP contribution is 2.21. The van der Waals surface area contributed by atoms with Gasteiger partial charge in [0.25, 0.3) is 0 Å². The molecule has 0 spiro atoms. The highest BCUT2D eigenvalue weighted by molar-refractivity contribution is 5.83. The maximum atomic E-state index is 11.5. The Labute approximate surface area is 128 Å². The molecule has 0 aliphatic heterocycles. The van der Waals surface area contributed by atoms with Crippen LogP contribution in [-0.2, 0) is 6.54 Å². The fourth-order valence-corrected chi connectivity index (χ4v) is 2.47. The van der Waals surface area contributed by atoms with Gasteiger partial charge in [-0.05, 0) is 35.7 Å². The predicted octanol–water partition coefficient (Wildman–Crippen LogP) is 4.36. The number of anilines is 1. The fraction of sp³-hybridized carbons (Fsp3) is 0.105. The van der Waals surface area contributed by atoms with Gasteiger partial charge < -0.3 is 9.73 Å². The third-order valence-electron chi connectivity index (χ3n) is 3.63. The zero-order chi connectivity index (χ0) is 15.5. The predicted molar refractivity (Wildman–Crippen MR) is 91.1 cm³/mol. The number of nitrogens with one attached hydrogen (secondary N) is 1. The van der Waals surface area contributed by atoms with Crippen molar-refractivity contribution in [3.63, 3.8) is 0 Å². The molecule has 1 N–H and O–H groups in total. The van der Waals surface area contributed by atoms with E-state index in [1.165, 1.54) is 11.6 Å². The van der Waals surface area contributed by atoms with Crippen LogP contribution >= 0.6 is 0 Å². The molecule has 0 aliphatic carbocycles. The van der Waals surface area contributed by atoms with E-state index in [2.05, 4.69) is 24.0 Å². The van der Waals surface area contributed by atoms with Crippen LogP contribution in [0.1, 0.15) is 16.7 Å². The second-order valence-corrected chi connectivity index (χ2v) is 5.26. The number of aryl methyl sites for hydroxylation is 1. The van der Waals surface area contributed by atoms with Gasteiger partial charge in [0.2, 0.25) is 0 Å². The van der Waals surface area contributed by atoms with Crippen molar-refractivity contribution in [1.82, 2.24) is 0 Å². The Morgan fingerprint density at radius 2 is 2.05 bits per heavy atom. The van der Waals surface area contributed by atoms with Crippen LogP contribution in [0.4, 0.5) is 5.69 Å². The summed E-state index contributed by atoms with van der Waals surface area (Å²) in [6, 6.07) is 15.5. The monoisotopic (exact) mass is 291 g/mol. The maximum Gasteiger partial charge on any atom is 0.336 e. The smallest absolute Gasteiger partial charge is 0.336 e. The van der Waals surface area contributed by atoms with Crippen LogP contribution in [0.3, 0.4) is 0 Å². The number of hydrogen-bond donors (Lipinski definition) is 1. The average Bonchev–Trinajstić information content (AvgIpc) is 2.52. The van der Waals surface area contributed by atoms with E-state index >= 15 is 0 Å². The van der Waals surface area contributed by atoms with E-state index in [1.54, 1.807) is 0 Å². The minimum absolute atomic E-state index is 0.319. The van der Waals surface area contributed by atoms with Crippen LogP contribution in [0.25, 0.3) is 17.0 Å². The van der Waals surface area contributed by atoms with Gasteiger partial charge in [0.15, 0.2) is 0 Å². The molecule has 0 fully saturated rings. The lowest BCUT2D eigenvalue weighted by molar-refractivity contribution is 0.560. The Morgan fingerprint density at radius 3 is 2.86 bits per heavy atom. The molecule has 3 nitrogen and oxygen atoms in total. The number of fused-ring (bicyclic) bond motifs is 1. The van der Waals surface area contributed by atoms with E-state index in [0.717, 1.165) is 22.2 Å². The van der Waals surface area contributed by atoms with Crippen LogP contribution in [0, 0.1) is 6.92 Å². The topological polar surface area (TPSA) is 42.2 Å².